The number of hydrogen-bond acceptors (Lipinski definition) is 3. The molecule has 0 unspecified atom stereocenters. The van der Waals surface area contributed by atoms with E-state index in [1.807, 2.05) is 36.4 Å². The maximum atomic E-state index is 12.2. The van der Waals surface area contributed by atoms with Gasteiger partial charge < -0.3 is 0 Å². The zero-order chi connectivity index (χ0) is 16.2. The van der Waals surface area contributed by atoms with E-state index in [4.69, 9.17) is 5.53 Å². The van der Waals surface area contributed by atoms with Gasteiger partial charge in [0.05, 0.1) is 0 Å². The number of fused-ring (bicyclic) bond motifs is 3. The van der Waals surface area contributed by atoms with Gasteiger partial charge in [0.15, 0.2) is 0 Å². The molecule has 0 atom stereocenters. The second-order valence-corrected chi connectivity index (χ2v) is 5.15. The Labute approximate surface area is 132 Å². The molecule has 0 bridgehead atoms. The molecule has 0 saturated heterocycles. The number of ketones is 2. The summed E-state index contributed by atoms with van der Waals surface area (Å²) in [6.07, 6.45) is 4.48. The van der Waals surface area contributed by atoms with Crippen molar-refractivity contribution in [2.75, 3.05) is 6.54 Å². The number of benzene rings is 2. The van der Waals surface area contributed by atoms with Crippen LogP contribution in [0.15, 0.2) is 53.7 Å². The summed E-state index contributed by atoms with van der Waals surface area (Å²) in [5.74, 6) is -0.914. The van der Waals surface area contributed by atoms with Gasteiger partial charge in [-0.1, -0.05) is 47.6 Å². The molecule has 3 rings (SSSR count). The van der Waals surface area contributed by atoms with Gasteiger partial charge >= 0.3 is 0 Å². The summed E-state index contributed by atoms with van der Waals surface area (Å²) >= 11 is 0. The monoisotopic (exact) mass is 303 g/mol. The molecule has 0 amide bonds. The summed E-state index contributed by atoms with van der Waals surface area (Å²) in [6, 6.07) is 12.6. The minimum absolute atomic E-state index is 0.410. The van der Waals surface area contributed by atoms with Crippen LogP contribution < -0.4 is 0 Å². The molecule has 0 aromatic heterocycles. The van der Waals surface area contributed by atoms with E-state index in [2.05, 4.69) is 10.0 Å². The van der Waals surface area contributed by atoms with Crippen molar-refractivity contribution in [3.8, 4) is 11.1 Å². The molecular formula is C18H13N3O2. The molecule has 0 N–H and O–H groups in total. The van der Waals surface area contributed by atoms with E-state index in [-0.39, 0.29) is 0 Å². The zero-order valence-corrected chi connectivity index (χ0v) is 12.3. The van der Waals surface area contributed by atoms with E-state index in [0.29, 0.717) is 24.1 Å². The van der Waals surface area contributed by atoms with Crippen molar-refractivity contribution in [3.05, 3.63) is 75.7 Å². The first kappa shape index (κ1) is 14.8. The smallest absolute Gasteiger partial charge is 0.234 e. The van der Waals surface area contributed by atoms with Gasteiger partial charge in [-0.25, -0.2) is 0 Å². The Morgan fingerprint density at radius 3 is 2.39 bits per heavy atom. The SMILES string of the molecule is [N-]=[N+]=NCCC=Cc1ccc2c(c1)-c1ccccc1C(=O)C2=O. The Bertz CT molecular complexity index is 878. The Balaban J connectivity index is 1.98. The molecule has 112 valence electrons. The van der Waals surface area contributed by atoms with E-state index in [1.165, 1.54) is 0 Å². The molecule has 5 nitrogen and oxygen atoms in total. The highest BCUT2D eigenvalue weighted by Crippen LogP contribution is 2.34. The van der Waals surface area contributed by atoms with E-state index < -0.39 is 11.6 Å². The van der Waals surface area contributed by atoms with Crippen LogP contribution in [-0.2, 0) is 0 Å². The van der Waals surface area contributed by atoms with Crippen LogP contribution in [-0.4, -0.2) is 18.1 Å². The van der Waals surface area contributed by atoms with Crippen LogP contribution in [0, 0.1) is 0 Å². The van der Waals surface area contributed by atoms with Crippen molar-refractivity contribution in [2.24, 2.45) is 5.11 Å². The average Bonchev–Trinajstić information content (AvgIpc) is 2.59. The van der Waals surface area contributed by atoms with Crippen LogP contribution in [0.1, 0.15) is 32.7 Å². The fourth-order valence-electron chi connectivity index (χ4n) is 2.64. The average molecular weight is 303 g/mol. The molecule has 0 saturated carbocycles. The van der Waals surface area contributed by atoms with Gasteiger partial charge in [-0.15, -0.1) is 0 Å². The van der Waals surface area contributed by atoms with Gasteiger partial charge in [0.2, 0.25) is 11.6 Å². The largest absolute Gasteiger partial charge is 0.285 e. The third kappa shape index (κ3) is 2.78. The summed E-state index contributed by atoms with van der Waals surface area (Å²) in [6.45, 7) is 0.410. The lowest BCUT2D eigenvalue weighted by Crippen LogP contribution is -2.21. The molecule has 0 aliphatic heterocycles. The molecule has 0 fully saturated rings. The van der Waals surface area contributed by atoms with Crippen molar-refractivity contribution < 1.29 is 9.59 Å². The quantitative estimate of drug-likeness (QED) is 0.275. The van der Waals surface area contributed by atoms with Gasteiger partial charge in [0.1, 0.15) is 0 Å². The van der Waals surface area contributed by atoms with Gasteiger partial charge in [0.25, 0.3) is 0 Å². The number of nitrogens with zero attached hydrogens (tertiary/aromatic N) is 3. The highest BCUT2D eigenvalue weighted by atomic mass is 16.2. The predicted molar refractivity (Wildman–Crippen MR) is 88.2 cm³/mol. The maximum Gasteiger partial charge on any atom is 0.234 e. The molecule has 23 heavy (non-hydrogen) atoms. The Hall–Kier alpha value is -3.17. The lowest BCUT2D eigenvalue weighted by Gasteiger charge is -2.18. The van der Waals surface area contributed by atoms with E-state index >= 15 is 0 Å². The zero-order valence-electron chi connectivity index (χ0n) is 12.3. The van der Waals surface area contributed by atoms with Crippen molar-refractivity contribution in [1.82, 2.24) is 0 Å². The van der Waals surface area contributed by atoms with Gasteiger partial charge in [0, 0.05) is 22.6 Å². The van der Waals surface area contributed by atoms with Crippen molar-refractivity contribution >= 4 is 17.6 Å². The molecule has 0 heterocycles. The van der Waals surface area contributed by atoms with E-state index in [9.17, 15) is 9.59 Å². The van der Waals surface area contributed by atoms with Crippen LogP contribution in [0.4, 0.5) is 0 Å². The summed E-state index contributed by atoms with van der Waals surface area (Å²) < 4.78 is 0. The summed E-state index contributed by atoms with van der Waals surface area (Å²) in [5.41, 5.74) is 11.6. The lowest BCUT2D eigenvalue weighted by molar-refractivity contribution is 0.0815. The molecule has 0 radical (unpaired) electrons. The molecule has 2 aromatic carbocycles. The van der Waals surface area contributed by atoms with E-state index in [0.717, 1.165) is 16.7 Å². The highest BCUT2D eigenvalue weighted by molar-refractivity contribution is 6.53. The summed E-state index contributed by atoms with van der Waals surface area (Å²) in [7, 11) is 0. The van der Waals surface area contributed by atoms with Crippen LogP contribution in [0.2, 0.25) is 0 Å². The number of azide groups is 1. The molecule has 2 aromatic rings. The molecule has 1 aliphatic rings. The normalized spacial score (nSPS) is 12.7. The Kier molecular flexibility index (Phi) is 4.04. The third-order valence-corrected chi connectivity index (χ3v) is 3.73. The Morgan fingerprint density at radius 1 is 0.957 bits per heavy atom. The minimum Gasteiger partial charge on any atom is -0.285 e. The molecule has 0 spiro atoms. The van der Waals surface area contributed by atoms with E-state index in [1.54, 1.807) is 18.2 Å². The standard InChI is InChI=1S/C18H13N3O2/c19-21-20-10-4-3-5-12-8-9-15-16(11-12)13-6-1-2-7-14(13)17(22)18(15)23/h1-3,5-9,11H,4,10H2. The van der Waals surface area contributed by atoms with Gasteiger partial charge in [-0.2, -0.15) is 0 Å². The second kappa shape index (κ2) is 6.30. The van der Waals surface area contributed by atoms with Crippen molar-refractivity contribution in [3.63, 3.8) is 0 Å². The molecule has 1 aliphatic carbocycles. The predicted octanol–water partition coefficient (Wildman–Crippen LogP) is 4.45. The number of rotatable bonds is 4. The second-order valence-electron chi connectivity index (χ2n) is 5.15. The number of carbonyl (C=O) groups excluding carboxylic acids is 2. The van der Waals surface area contributed by atoms with Crippen LogP contribution in [0.3, 0.4) is 0 Å². The first-order valence-corrected chi connectivity index (χ1v) is 7.22. The Morgan fingerprint density at radius 2 is 1.65 bits per heavy atom. The van der Waals surface area contributed by atoms with Crippen LogP contribution in [0.25, 0.3) is 27.6 Å². The third-order valence-electron chi connectivity index (χ3n) is 3.73. The topological polar surface area (TPSA) is 82.9 Å². The lowest BCUT2D eigenvalue weighted by atomic mass is 9.83. The van der Waals surface area contributed by atoms with Crippen LogP contribution >= 0.6 is 0 Å². The maximum absolute atomic E-state index is 12.2. The first-order chi connectivity index (χ1) is 11.2. The molecular weight excluding hydrogens is 290 g/mol. The minimum atomic E-state index is -0.461. The fraction of sp³-hybridized carbons (Fsp3) is 0.111. The summed E-state index contributed by atoms with van der Waals surface area (Å²) in [4.78, 5) is 27.0. The molecule has 5 heteroatoms. The number of hydrogen-bond donors (Lipinski definition) is 0. The number of carbonyl (C=O) groups is 2. The van der Waals surface area contributed by atoms with Crippen molar-refractivity contribution in [2.45, 2.75) is 6.42 Å². The number of Topliss-reactive ketones (excluding diaryl/α,β-unsaturated/α-hetero) is 2. The van der Waals surface area contributed by atoms with Gasteiger partial charge in [-0.05, 0) is 40.8 Å². The fourth-order valence-corrected chi connectivity index (χ4v) is 2.64. The van der Waals surface area contributed by atoms with Crippen molar-refractivity contribution in [1.29, 1.82) is 0 Å². The highest BCUT2D eigenvalue weighted by Gasteiger charge is 2.29. The summed E-state index contributed by atoms with van der Waals surface area (Å²) in [5, 5.41) is 3.47. The van der Waals surface area contributed by atoms with Crippen LogP contribution in [0.5, 0.6) is 0 Å². The first-order valence-electron chi connectivity index (χ1n) is 7.22. The van der Waals surface area contributed by atoms with Gasteiger partial charge in [-0.3, -0.25) is 9.59 Å².